The Balaban J connectivity index is 4.53. The van der Waals surface area contributed by atoms with Crippen LogP contribution in [-0.2, 0) is 14.2 Å². The van der Waals surface area contributed by atoms with Crippen LogP contribution in [0.2, 0.25) is 0 Å². The molecule has 0 aromatic heterocycles. The Bertz CT molecular complexity index is 239. The van der Waals surface area contributed by atoms with E-state index in [1.54, 1.807) is 12.2 Å². The average Bonchev–Trinajstić information content (AvgIpc) is 2.35. The molecule has 0 N–H and O–H groups in total. The molecule has 0 saturated heterocycles. The Morgan fingerprint density at radius 3 is 1.68 bits per heavy atom. The summed E-state index contributed by atoms with van der Waals surface area (Å²) in [6.45, 7) is 18.6. The molecule has 0 bridgehead atoms. The van der Waals surface area contributed by atoms with Crippen LogP contribution in [0.5, 0.6) is 0 Å². The van der Waals surface area contributed by atoms with Crippen molar-refractivity contribution in [2.24, 2.45) is 5.41 Å². The molecular weight excluding hydrogens is 240 g/mol. The van der Waals surface area contributed by atoms with E-state index in [0.29, 0.717) is 33.0 Å². The van der Waals surface area contributed by atoms with E-state index in [4.69, 9.17) is 14.2 Å². The van der Waals surface area contributed by atoms with Crippen molar-refractivity contribution < 1.29 is 14.2 Å². The van der Waals surface area contributed by atoms with Crippen LogP contribution >= 0.6 is 0 Å². The van der Waals surface area contributed by atoms with Crippen molar-refractivity contribution in [1.29, 1.82) is 0 Å². The average molecular weight is 270 g/mol. The highest BCUT2D eigenvalue weighted by Crippen LogP contribution is 2.26. The van der Waals surface area contributed by atoms with Gasteiger partial charge in [0.25, 0.3) is 0 Å². The largest absolute Gasteiger partial charge is 0.377 e. The molecule has 3 heteroatoms. The number of hydrogen-bond donors (Lipinski definition) is 0. The van der Waals surface area contributed by atoms with Crippen molar-refractivity contribution in [3.8, 4) is 0 Å². The molecule has 0 aromatic carbocycles. The van der Waals surface area contributed by atoms with Crippen molar-refractivity contribution in [3.05, 3.63) is 25.3 Å². The molecule has 0 heterocycles. The van der Waals surface area contributed by atoms with Gasteiger partial charge in [-0.2, -0.15) is 0 Å². The van der Waals surface area contributed by atoms with Crippen LogP contribution in [0.1, 0.15) is 34.1 Å². The van der Waals surface area contributed by atoms with Gasteiger partial charge in [-0.15, -0.1) is 13.2 Å². The first-order chi connectivity index (χ1) is 8.89. The molecule has 0 atom stereocenters. The fraction of sp³-hybridized carbons (Fsp3) is 0.750. The zero-order valence-corrected chi connectivity index (χ0v) is 13.0. The zero-order valence-electron chi connectivity index (χ0n) is 13.0. The van der Waals surface area contributed by atoms with E-state index in [1.165, 1.54) is 0 Å². The Labute approximate surface area is 118 Å². The summed E-state index contributed by atoms with van der Waals surface area (Å²) in [5.74, 6) is 0. The minimum absolute atomic E-state index is 0.112. The number of rotatable bonds is 11. The van der Waals surface area contributed by atoms with Crippen molar-refractivity contribution in [3.63, 3.8) is 0 Å². The summed E-state index contributed by atoms with van der Waals surface area (Å²) in [6, 6.07) is 0. The van der Waals surface area contributed by atoms with Crippen LogP contribution < -0.4 is 0 Å². The van der Waals surface area contributed by atoms with E-state index in [9.17, 15) is 0 Å². The summed E-state index contributed by atoms with van der Waals surface area (Å²) in [7, 11) is 0. The van der Waals surface area contributed by atoms with E-state index < -0.39 is 0 Å². The molecule has 0 fully saturated rings. The molecule has 3 nitrogen and oxygen atoms in total. The normalized spacial score (nSPS) is 12.4. The minimum Gasteiger partial charge on any atom is -0.377 e. The van der Waals surface area contributed by atoms with E-state index in [2.05, 4.69) is 40.9 Å². The van der Waals surface area contributed by atoms with Gasteiger partial charge in [0.15, 0.2) is 0 Å². The van der Waals surface area contributed by atoms with Gasteiger partial charge in [-0.25, -0.2) is 0 Å². The van der Waals surface area contributed by atoms with Gasteiger partial charge in [0.2, 0.25) is 0 Å². The van der Waals surface area contributed by atoms with Gasteiger partial charge in [0.05, 0.1) is 38.6 Å². The highest BCUT2D eigenvalue weighted by molar-refractivity contribution is 4.80. The van der Waals surface area contributed by atoms with Crippen LogP contribution in [0, 0.1) is 5.41 Å². The van der Waals surface area contributed by atoms with Crippen LogP contribution in [0.25, 0.3) is 0 Å². The maximum absolute atomic E-state index is 5.94. The Kier molecular flexibility index (Phi) is 8.98. The molecule has 0 radical (unpaired) electrons. The zero-order chi connectivity index (χ0) is 14.8. The molecule has 0 rings (SSSR count). The second-order valence-corrected chi connectivity index (χ2v) is 5.86. The minimum atomic E-state index is -0.155. The molecule has 19 heavy (non-hydrogen) atoms. The standard InChI is InChI=1S/C16H30O3/c1-7-10-17-12-16(9-3,13-18-11-8-2)14-19-15(4,5)6/h7-8H,1-2,9-14H2,3-6H3. The molecule has 0 amide bonds. The summed E-state index contributed by atoms with van der Waals surface area (Å²) in [5, 5.41) is 0. The Morgan fingerprint density at radius 1 is 0.895 bits per heavy atom. The van der Waals surface area contributed by atoms with Crippen molar-refractivity contribution in [2.45, 2.75) is 39.7 Å². The third kappa shape index (κ3) is 8.98. The van der Waals surface area contributed by atoms with Gasteiger partial charge in [0.1, 0.15) is 0 Å². The van der Waals surface area contributed by atoms with Crippen LogP contribution in [0.3, 0.4) is 0 Å². The third-order valence-electron chi connectivity index (χ3n) is 2.85. The molecule has 0 unspecified atom stereocenters. The second-order valence-electron chi connectivity index (χ2n) is 5.86. The van der Waals surface area contributed by atoms with Gasteiger partial charge >= 0.3 is 0 Å². The van der Waals surface area contributed by atoms with Crippen molar-refractivity contribution in [1.82, 2.24) is 0 Å². The van der Waals surface area contributed by atoms with E-state index in [0.717, 1.165) is 6.42 Å². The molecule has 0 saturated carbocycles. The predicted octanol–water partition coefficient (Wildman–Crippen LogP) is 3.60. The van der Waals surface area contributed by atoms with Crippen LogP contribution in [-0.4, -0.2) is 38.6 Å². The van der Waals surface area contributed by atoms with Gasteiger partial charge in [0, 0.05) is 5.41 Å². The lowest BCUT2D eigenvalue weighted by atomic mass is 9.87. The molecule has 0 spiro atoms. The summed E-state index contributed by atoms with van der Waals surface area (Å²) >= 11 is 0. The van der Waals surface area contributed by atoms with Crippen LogP contribution in [0.4, 0.5) is 0 Å². The fourth-order valence-electron chi connectivity index (χ4n) is 1.52. The monoisotopic (exact) mass is 270 g/mol. The van der Waals surface area contributed by atoms with Crippen molar-refractivity contribution >= 4 is 0 Å². The highest BCUT2D eigenvalue weighted by Gasteiger charge is 2.31. The molecule has 0 aliphatic carbocycles. The molecular formula is C16H30O3. The first-order valence-corrected chi connectivity index (χ1v) is 6.90. The van der Waals surface area contributed by atoms with E-state index in [1.807, 2.05) is 0 Å². The van der Waals surface area contributed by atoms with Crippen LogP contribution in [0.15, 0.2) is 25.3 Å². The predicted molar refractivity (Wildman–Crippen MR) is 80.5 cm³/mol. The lowest BCUT2D eigenvalue weighted by Gasteiger charge is -2.34. The lowest BCUT2D eigenvalue weighted by Crippen LogP contribution is -2.39. The summed E-state index contributed by atoms with van der Waals surface area (Å²) in [6.07, 6.45) is 4.46. The van der Waals surface area contributed by atoms with E-state index >= 15 is 0 Å². The third-order valence-corrected chi connectivity index (χ3v) is 2.85. The number of ether oxygens (including phenoxy) is 3. The SMILES string of the molecule is C=CCOCC(CC)(COCC=C)COC(C)(C)C. The van der Waals surface area contributed by atoms with Gasteiger partial charge in [-0.1, -0.05) is 19.1 Å². The maximum atomic E-state index is 5.94. The number of hydrogen-bond acceptors (Lipinski definition) is 3. The lowest BCUT2D eigenvalue weighted by molar-refractivity contribution is -0.104. The molecule has 112 valence electrons. The van der Waals surface area contributed by atoms with Gasteiger partial charge in [-0.05, 0) is 27.2 Å². The highest BCUT2D eigenvalue weighted by atomic mass is 16.5. The van der Waals surface area contributed by atoms with Crippen molar-refractivity contribution in [2.75, 3.05) is 33.0 Å². The summed E-state index contributed by atoms with van der Waals surface area (Å²) in [5.41, 5.74) is -0.267. The Hall–Kier alpha value is -0.640. The molecule has 0 aromatic rings. The molecule has 0 aliphatic rings. The second kappa shape index (κ2) is 9.29. The summed E-state index contributed by atoms with van der Waals surface area (Å²) in [4.78, 5) is 0. The topological polar surface area (TPSA) is 27.7 Å². The van der Waals surface area contributed by atoms with E-state index in [-0.39, 0.29) is 11.0 Å². The molecule has 0 aliphatic heterocycles. The van der Waals surface area contributed by atoms with Gasteiger partial charge < -0.3 is 14.2 Å². The van der Waals surface area contributed by atoms with Gasteiger partial charge in [-0.3, -0.25) is 0 Å². The fourth-order valence-corrected chi connectivity index (χ4v) is 1.52. The maximum Gasteiger partial charge on any atom is 0.0645 e. The smallest absolute Gasteiger partial charge is 0.0645 e. The first kappa shape index (κ1) is 18.4. The Morgan fingerprint density at radius 2 is 1.37 bits per heavy atom. The summed E-state index contributed by atoms with van der Waals surface area (Å²) < 4.78 is 17.2. The first-order valence-electron chi connectivity index (χ1n) is 6.90. The quantitative estimate of drug-likeness (QED) is 0.424.